The molecule has 144 valence electrons. The van der Waals surface area contributed by atoms with Crippen LogP contribution in [-0.2, 0) is 16.4 Å². The van der Waals surface area contributed by atoms with Gasteiger partial charge in [0.1, 0.15) is 5.69 Å². The van der Waals surface area contributed by atoms with Crippen molar-refractivity contribution in [2.45, 2.75) is 11.3 Å². The van der Waals surface area contributed by atoms with Gasteiger partial charge in [0.2, 0.25) is 16.8 Å². The van der Waals surface area contributed by atoms with E-state index in [-0.39, 0.29) is 17.6 Å². The molecular formula is C19H17N3O5S. The molecule has 1 aliphatic rings. The Balaban J connectivity index is 1.46. The second-order valence-electron chi connectivity index (χ2n) is 6.28. The van der Waals surface area contributed by atoms with Crippen molar-refractivity contribution in [3.05, 3.63) is 59.9 Å². The highest BCUT2D eigenvalue weighted by atomic mass is 32.2. The molecule has 4 rings (SSSR count). The topological polar surface area (TPSA) is 121 Å². The number of primary sulfonamides is 1. The summed E-state index contributed by atoms with van der Waals surface area (Å²) in [4.78, 5) is 16.9. The number of nitrogens with one attached hydrogen (secondary N) is 1. The number of pyridine rings is 1. The average molecular weight is 399 g/mol. The first-order valence-electron chi connectivity index (χ1n) is 8.50. The molecule has 0 fully saturated rings. The van der Waals surface area contributed by atoms with Gasteiger partial charge in [-0.3, -0.25) is 9.78 Å². The Morgan fingerprint density at radius 1 is 1.11 bits per heavy atom. The summed E-state index contributed by atoms with van der Waals surface area (Å²) < 4.78 is 33.3. The zero-order valence-electron chi connectivity index (χ0n) is 14.7. The van der Waals surface area contributed by atoms with Crippen LogP contribution in [0.3, 0.4) is 0 Å². The zero-order valence-corrected chi connectivity index (χ0v) is 15.5. The second-order valence-corrected chi connectivity index (χ2v) is 7.84. The van der Waals surface area contributed by atoms with Gasteiger partial charge in [-0.05, 0) is 47.7 Å². The second kappa shape index (κ2) is 7.10. The fourth-order valence-electron chi connectivity index (χ4n) is 2.99. The first kappa shape index (κ1) is 18.2. The van der Waals surface area contributed by atoms with Gasteiger partial charge < -0.3 is 14.8 Å². The number of fused-ring (bicyclic) bond motifs is 2. The highest BCUT2D eigenvalue weighted by molar-refractivity contribution is 7.89. The van der Waals surface area contributed by atoms with E-state index < -0.39 is 10.0 Å². The van der Waals surface area contributed by atoms with Gasteiger partial charge in [0.05, 0.1) is 4.90 Å². The summed E-state index contributed by atoms with van der Waals surface area (Å²) in [6, 6.07) is 11.6. The molecule has 0 saturated heterocycles. The molecule has 3 aromatic rings. The molecule has 0 atom stereocenters. The number of amides is 1. The maximum Gasteiger partial charge on any atom is 0.270 e. The number of nitrogens with two attached hydrogens (primary N) is 1. The fourth-order valence-corrected chi connectivity index (χ4v) is 3.51. The van der Waals surface area contributed by atoms with E-state index in [9.17, 15) is 13.2 Å². The molecule has 28 heavy (non-hydrogen) atoms. The quantitative estimate of drug-likeness (QED) is 0.672. The van der Waals surface area contributed by atoms with E-state index >= 15 is 0 Å². The minimum atomic E-state index is -3.71. The number of rotatable bonds is 5. The number of nitrogens with zero attached hydrogens (tertiary/aromatic N) is 1. The van der Waals surface area contributed by atoms with Crippen molar-refractivity contribution in [3.8, 4) is 11.5 Å². The lowest BCUT2D eigenvalue weighted by molar-refractivity contribution is 0.0951. The molecule has 2 heterocycles. The molecule has 1 amide bonds. The molecule has 3 N–H and O–H groups in total. The molecule has 0 unspecified atom stereocenters. The van der Waals surface area contributed by atoms with E-state index in [1.165, 1.54) is 12.1 Å². The molecule has 1 aliphatic heterocycles. The summed E-state index contributed by atoms with van der Waals surface area (Å²) in [5.74, 6) is 0.933. The summed E-state index contributed by atoms with van der Waals surface area (Å²) in [7, 11) is -3.71. The van der Waals surface area contributed by atoms with E-state index in [4.69, 9.17) is 14.6 Å². The van der Waals surface area contributed by atoms with Crippen molar-refractivity contribution >= 4 is 26.7 Å². The summed E-state index contributed by atoms with van der Waals surface area (Å²) in [6.45, 7) is 0.529. The van der Waals surface area contributed by atoms with Gasteiger partial charge in [0.25, 0.3) is 5.91 Å². The van der Waals surface area contributed by atoms with Crippen molar-refractivity contribution in [1.82, 2.24) is 10.3 Å². The van der Waals surface area contributed by atoms with Crippen molar-refractivity contribution in [1.29, 1.82) is 0 Å². The normalized spacial score (nSPS) is 12.9. The van der Waals surface area contributed by atoms with E-state index in [0.717, 1.165) is 10.9 Å². The monoisotopic (exact) mass is 399 g/mol. The number of ether oxygens (including phenoxy) is 2. The standard InChI is InChI=1S/C19H17N3O5S/c20-28(24,25)14-3-1-12(2-4-14)5-7-22-19(23)18-15-10-17-16(26-11-27-17)9-13(15)6-8-21-18/h1-4,6,8-10H,5,7,11H2,(H,22,23)(H2,20,24,25). The predicted molar refractivity (Wildman–Crippen MR) is 102 cm³/mol. The molecule has 0 spiro atoms. The van der Waals surface area contributed by atoms with Gasteiger partial charge >= 0.3 is 0 Å². The first-order chi connectivity index (χ1) is 13.4. The molecule has 2 aromatic carbocycles. The summed E-state index contributed by atoms with van der Waals surface area (Å²) in [5, 5.41) is 9.44. The van der Waals surface area contributed by atoms with Gasteiger partial charge in [-0.2, -0.15) is 0 Å². The van der Waals surface area contributed by atoms with E-state index in [1.54, 1.807) is 30.5 Å². The fraction of sp³-hybridized carbons (Fsp3) is 0.158. The maximum absolute atomic E-state index is 12.6. The number of hydrogen-bond donors (Lipinski definition) is 2. The van der Waals surface area contributed by atoms with Crippen molar-refractivity contribution < 1.29 is 22.7 Å². The number of benzene rings is 2. The van der Waals surface area contributed by atoms with E-state index in [1.807, 2.05) is 6.07 Å². The Bertz CT molecular complexity index is 1160. The molecular weight excluding hydrogens is 382 g/mol. The average Bonchev–Trinajstić information content (AvgIpc) is 3.12. The van der Waals surface area contributed by atoms with Crippen LogP contribution >= 0.6 is 0 Å². The Hall–Kier alpha value is -3.17. The van der Waals surface area contributed by atoms with Crippen LogP contribution in [0.4, 0.5) is 0 Å². The SMILES string of the molecule is NS(=O)(=O)c1ccc(CCNC(=O)c2nccc3cc4c(cc23)OCO4)cc1. The molecule has 0 saturated carbocycles. The lowest BCUT2D eigenvalue weighted by Crippen LogP contribution is -2.26. The Labute approximate surface area is 161 Å². The number of carbonyl (C=O) groups excluding carboxylic acids is 1. The molecule has 0 aliphatic carbocycles. The Morgan fingerprint density at radius 2 is 1.82 bits per heavy atom. The van der Waals surface area contributed by atoms with Crippen molar-refractivity contribution in [3.63, 3.8) is 0 Å². The van der Waals surface area contributed by atoms with Crippen LogP contribution in [0.15, 0.2) is 53.6 Å². The van der Waals surface area contributed by atoms with Crippen molar-refractivity contribution in [2.75, 3.05) is 13.3 Å². The highest BCUT2D eigenvalue weighted by Gasteiger charge is 2.18. The van der Waals surface area contributed by atoms with E-state index in [2.05, 4.69) is 10.3 Å². The summed E-state index contributed by atoms with van der Waals surface area (Å²) in [6.07, 6.45) is 2.11. The third-order valence-electron chi connectivity index (χ3n) is 4.42. The first-order valence-corrected chi connectivity index (χ1v) is 10.0. The molecule has 0 radical (unpaired) electrons. The smallest absolute Gasteiger partial charge is 0.270 e. The number of hydrogen-bond acceptors (Lipinski definition) is 6. The van der Waals surface area contributed by atoms with Gasteiger partial charge in [0.15, 0.2) is 11.5 Å². The largest absolute Gasteiger partial charge is 0.454 e. The number of sulfonamides is 1. The van der Waals surface area contributed by atoms with Crippen LogP contribution in [-0.4, -0.2) is 32.6 Å². The maximum atomic E-state index is 12.6. The highest BCUT2D eigenvalue weighted by Crippen LogP contribution is 2.36. The van der Waals surface area contributed by atoms with Gasteiger partial charge in [-0.1, -0.05) is 12.1 Å². The number of carbonyl (C=O) groups is 1. The van der Waals surface area contributed by atoms with Gasteiger partial charge in [0, 0.05) is 18.1 Å². The molecule has 8 nitrogen and oxygen atoms in total. The summed E-state index contributed by atoms with van der Waals surface area (Å²) in [5.41, 5.74) is 1.18. The minimum absolute atomic E-state index is 0.0546. The van der Waals surface area contributed by atoms with Crippen LogP contribution in [0.2, 0.25) is 0 Å². The van der Waals surface area contributed by atoms with Crippen LogP contribution in [0, 0.1) is 0 Å². The lowest BCUT2D eigenvalue weighted by atomic mass is 10.1. The van der Waals surface area contributed by atoms with Crippen LogP contribution in [0.25, 0.3) is 10.8 Å². The molecule has 9 heteroatoms. The molecule has 1 aromatic heterocycles. The number of aromatic nitrogens is 1. The van der Waals surface area contributed by atoms with Crippen LogP contribution in [0.1, 0.15) is 16.1 Å². The summed E-state index contributed by atoms with van der Waals surface area (Å²) >= 11 is 0. The van der Waals surface area contributed by atoms with Gasteiger partial charge in [-0.15, -0.1) is 0 Å². The molecule has 0 bridgehead atoms. The predicted octanol–water partition coefficient (Wildman–Crippen LogP) is 1.58. The van der Waals surface area contributed by atoms with Crippen LogP contribution in [0.5, 0.6) is 11.5 Å². The Kier molecular flexibility index (Phi) is 4.62. The third-order valence-corrected chi connectivity index (χ3v) is 5.35. The zero-order chi connectivity index (χ0) is 19.7. The van der Waals surface area contributed by atoms with Gasteiger partial charge in [-0.25, -0.2) is 13.6 Å². The minimum Gasteiger partial charge on any atom is -0.454 e. The van der Waals surface area contributed by atoms with E-state index in [0.29, 0.717) is 35.5 Å². The Morgan fingerprint density at radius 3 is 2.54 bits per heavy atom. The van der Waals surface area contributed by atoms with Crippen molar-refractivity contribution in [2.24, 2.45) is 5.14 Å². The van der Waals surface area contributed by atoms with Crippen LogP contribution < -0.4 is 19.9 Å². The lowest BCUT2D eigenvalue weighted by Gasteiger charge is -2.08. The third kappa shape index (κ3) is 3.62.